The van der Waals surface area contributed by atoms with E-state index in [0.29, 0.717) is 27.0 Å². The molecule has 1 N–H and O–H groups in total. The van der Waals surface area contributed by atoms with Gasteiger partial charge in [0.2, 0.25) is 0 Å². The molecule has 2 heterocycles. The Morgan fingerprint density at radius 1 is 1.36 bits per heavy atom. The predicted molar refractivity (Wildman–Crippen MR) is 102 cm³/mol. The number of nitrogens with one attached hydrogen (secondary N) is 1. The first kappa shape index (κ1) is 18.4. The zero-order chi connectivity index (χ0) is 18.1. The molecule has 1 aliphatic heterocycles. The van der Waals surface area contributed by atoms with Crippen molar-refractivity contribution in [2.24, 2.45) is 5.92 Å². The van der Waals surface area contributed by atoms with Crippen molar-refractivity contribution >= 4 is 32.7 Å². The molecule has 0 atom stereocenters. The minimum Gasteiger partial charge on any atom is -0.350 e. The van der Waals surface area contributed by atoms with Crippen LogP contribution in [0.1, 0.15) is 37.2 Å². The second-order valence-electron chi connectivity index (χ2n) is 7.42. The summed E-state index contributed by atoms with van der Waals surface area (Å²) in [6, 6.07) is 5.11. The van der Waals surface area contributed by atoms with Crippen molar-refractivity contribution < 1.29 is 9.18 Å². The Hall–Kier alpha value is -1.40. The van der Waals surface area contributed by atoms with E-state index in [2.05, 4.69) is 46.7 Å². The molecular weight excluding hydrogens is 385 g/mol. The summed E-state index contributed by atoms with van der Waals surface area (Å²) in [6.45, 7) is 6.96. The number of H-pyrrole nitrogens is 1. The number of hydrogen-bond donors (Lipinski definition) is 1. The van der Waals surface area contributed by atoms with E-state index >= 15 is 0 Å². The molecule has 1 aliphatic rings. The van der Waals surface area contributed by atoms with Crippen molar-refractivity contribution in [1.29, 1.82) is 0 Å². The van der Waals surface area contributed by atoms with Gasteiger partial charge in [0.1, 0.15) is 11.5 Å². The molecule has 0 bridgehead atoms. The normalized spacial score (nSPS) is 16.7. The fourth-order valence-corrected chi connectivity index (χ4v) is 3.96. The molecule has 6 heteroatoms. The number of nitrogens with zero attached hydrogens (tertiary/aromatic N) is 2. The first-order valence-electron chi connectivity index (χ1n) is 8.82. The molecule has 1 aromatic heterocycles. The highest BCUT2D eigenvalue weighted by molar-refractivity contribution is 9.10. The predicted octanol–water partition coefficient (Wildman–Crippen LogP) is 4.26. The average Bonchev–Trinajstić information content (AvgIpc) is 2.97. The van der Waals surface area contributed by atoms with Gasteiger partial charge in [-0.25, -0.2) is 4.39 Å². The third-order valence-electron chi connectivity index (χ3n) is 4.83. The molecule has 25 heavy (non-hydrogen) atoms. The Bertz CT molecular complexity index is 765. The van der Waals surface area contributed by atoms with E-state index in [1.165, 1.54) is 6.07 Å². The molecule has 1 amide bonds. The molecule has 4 nitrogen and oxygen atoms in total. The van der Waals surface area contributed by atoms with Gasteiger partial charge >= 0.3 is 0 Å². The summed E-state index contributed by atoms with van der Waals surface area (Å²) in [5.74, 6) is 0.0308. The van der Waals surface area contributed by atoms with Gasteiger partial charge < -0.3 is 14.8 Å². The minimum absolute atomic E-state index is 0.0324. The van der Waals surface area contributed by atoms with E-state index in [4.69, 9.17) is 0 Å². The molecule has 3 rings (SSSR count). The monoisotopic (exact) mass is 409 g/mol. The number of carbonyl (C=O) groups is 1. The molecule has 0 radical (unpaired) electrons. The van der Waals surface area contributed by atoms with Crippen LogP contribution in [0.4, 0.5) is 4.39 Å². The highest BCUT2D eigenvalue weighted by Gasteiger charge is 2.29. The lowest BCUT2D eigenvalue weighted by molar-refractivity contribution is 0.0554. The number of aromatic nitrogens is 1. The van der Waals surface area contributed by atoms with Crippen molar-refractivity contribution in [3.63, 3.8) is 0 Å². The number of likely N-dealkylation sites (tertiary alicyclic amines) is 1. The van der Waals surface area contributed by atoms with Crippen molar-refractivity contribution in [3.05, 3.63) is 34.2 Å². The Morgan fingerprint density at radius 3 is 2.68 bits per heavy atom. The third-order valence-corrected chi connectivity index (χ3v) is 5.29. The molecule has 0 saturated carbocycles. The van der Waals surface area contributed by atoms with E-state index in [-0.39, 0.29) is 17.8 Å². The maximum atomic E-state index is 14.2. The van der Waals surface area contributed by atoms with Gasteiger partial charge in [-0.1, -0.05) is 29.8 Å². The molecule has 0 unspecified atom stereocenters. The Morgan fingerprint density at radius 2 is 2.04 bits per heavy atom. The van der Waals surface area contributed by atoms with Crippen molar-refractivity contribution in [1.82, 2.24) is 14.8 Å². The number of hydrogen-bond acceptors (Lipinski definition) is 2. The summed E-state index contributed by atoms with van der Waals surface area (Å²) in [5.41, 5.74) is 1.11. The van der Waals surface area contributed by atoms with Crippen LogP contribution in [0.15, 0.2) is 22.7 Å². The topological polar surface area (TPSA) is 39.3 Å². The first-order chi connectivity index (χ1) is 11.8. The van der Waals surface area contributed by atoms with Crippen LogP contribution in [0, 0.1) is 11.7 Å². The zero-order valence-corrected chi connectivity index (χ0v) is 16.6. The van der Waals surface area contributed by atoms with Gasteiger partial charge in [-0.3, -0.25) is 4.79 Å². The fraction of sp³-hybridized carbons (Fsp3) is 0.526. The van der Waals surface area contributed by atoms with E-state index in [1.807, 2.05) is 4.90 Å². The van der Waals surface area contributed by atoms with Gasteiger partial charge in [-0.15, -0.1) is 0 Å². The maximum absolute atomic E-state index is 14.2. The van der Waals surface area contributed by atoms with Gasteiger partial charge in [0.25, 0.3) is 5.91 Å². The largest absolute Gasteiger partial charge is 0.350 e. The molecule has 1 aromatic carbocycles. The van der Waals surface area contributed by atoms with Gasteiger partial charge in [0.05, 0.1) is 5.52 Å². The average molecular weight is 410 g/mol. The number of amides is 1. The van der Waals surface area contributed by atoms with Crippen molar-refractivity contribution in [3.8, 4) is 0 Å². The second kappa shape index (κ2) is 7.46. The summed E-state index contributed by atoms with van der Waals surface area (Å²) in [6.07, 6.45) is 1.96. The van der Waals surface area contributed by atoms with Crippen LogP contribution >= 0.6 is 15.9 Å². The lowest BCUT2D eigenvalue weighted by Crippen LogP contribution is -2.48. The van der Waals surface area contributed by atoms with Crippen LogP contribution in [0.2, 0.25) is 0 Å². The lowest BCUT2D eigenvalue weighted by Gasteiger charge is -2.38. The summed E-state index contributed by atoms with van der Waals surface area (Å²) < 4.78 is 14.8. The maximum Gasteiger partial charge on any atom is 0.270 e. The Balaban J connectivity index is 1.90. The number of carbonyl (C=O) groups excluding carboxylic acids is 1. The highest BCUT2D eigenvalue weighted by atomic mass is 79.9. The number of piperidine rings is 1. The second-order valence-corrected chi connectivity index (χ2v) is 8.33. The molecule has 1 fully saturated rings. The molecule has 2 aromatic rings. The molecule has 0 aliphatic carbocycles. The summed E-state index contributed by atoms with van der Waals surface area (Å²) in [5, 5.41) is 0.458. The quantitative estimate of drug-likeness (QED) is 0.818. The van der Waals surface area contributed by atoms with Crippen LogP contribution in [0.5, 0.6) is 0 Å². The van der Waals surface area contributed by atoms with Crippen LogP contribution < -0.4 is 0 Å². The van der Waals surface area contributed by atoms with Crippen molar-refractivity contribution in [2.75, 3.05) is 26.7 Å². The Labute approximate surface area is 156 Å². The van der Waals surface area contributed by atoms with Crippen LogP contribution in [0.3, 0.4) is 0 Å². The minimum atomic E-state index is -0.325. The van der Waals surface area contributed by atoms with Gasteiger partial charge in [0, 0.05) is 22.4 Å². The third kappa shape index (κ3) is 4.06. The summed E-state index contributed by atoms with van der Waals surface area (Å²) >= 11 is 3.30. The van der Waals surface area contributed by atoms with Gasteiger partial charge in [-0.2, -0.15) is 0 Å². The smallest absolute Gasteiger partial charge is 0.270 e. The first-order valence-corrected chi connectivity index (χ1v) is 9.61. The van der Waals surface area contributed by atoms with E-state index < -0.39 is 0 Å². The van der Waals surface area contributed by atoms with Gasteiger partial charge in [0.15, 0.2) is 0 Å². The zero-order valence-electron chi connectivity index (χ0n) is 15.0. The summed E-state index contributed by atoms with van der Waals surface area (Å²) in [7, 11) is 2.11. The standard InChI is InChI=1S/C19H25BrFN3O/c1-12(2)11-24(14-4-6-23(3)7-5-14)19(25)18-10-15-16(21)8-13(20)9-17(15)22-18/h8-10,12,14,22H,4-7,11H2,1-3H3. The van der Waals surface area contributed by atoms with E-state index in [0.717, 1.165) is 32.5 Å². The van der Waals surface area contributed by atoms with E-state index in [1.54, 1.807) is 12.1 Å². The van der Waals surface area contributed by atoms with Crippen LogP contribution in [-0.2, 0) is 0 Å². The fourth-order valence-electron chi connectivity index (χ4n) is 3.53. The lowest BCUT2D eigenvalue weighted by atomic mass is 10.0. The number of benzene rings is 1. The summed E-state index contributed by atoms with van der Waals surface area (Å²) in [4.78, 5) is 20.6. The van der Waals surface area contributed by atoms with Crippen LogP contribution in [-0.4, -0.2) is 53.4 Å². The van der Waals surface area contributed by atoms with E-state index in [9.17, 15) is 9.18 Å². The molecular formula is C19H25BrFN3O. The highest BCUT2D eigenvalue weighted by Crippen LogP contribution is 2.26. The number of halogens is 2. The number of aromatic amines is 1. The molecule has 136 valence electrons. The van der Waals surface area contributed by atoms with Gasteiger partial charge in [-0.05, 0) is 57.1 Å². The Kier molecular flexibility index (Phi) is 5.49. The van der Waals surface area contributed by atoms with Crippen molar-refractivity contribution in [2.45, 2.75) is 32.7 Å². The number of rotatable bonds is 4. The molecule has 1 saturated heterocycles. The van der Waals surface area contributed by atoms with Crippen LogP contribution in [0.25, 0.3) is 10.9 Å². The SMILES string of the molecule is CC(C)CN(C(=O)c1cc2c(F)cc(Br)cc2[nH]1)C1CCN(C)CC1. The molecule has 0 spiro atoms. The number of fused-ring (bicyclic) bond motifs is 1.